The molecular weight excluding hydrogens is 268 g/mol. The van der Waals surface area contributed by atoms with Crippen molar-refractivity contribution in [3.8, 4) is 0 Å². The molecule has 20 heavy (non-hydrogen) atoms. The first-order valence-corrected chi connectivity index (χ1v) is 8.03. The molecule has 0 amide bonds. The molecule has 0 aromatic heterocycles. The Balaban J connectivity index is 1.81. The monoisotopic (exact) mass is 292 g/mol. The fourth-order valence-electron chi connectivity index (χ4n) is 2.20. The average molecular weight is 292 g/mol. The van der Waals surface area contributed by atoms with Crippen molar-refractivity contribution in [2.24, 2.45) is 0 Å². The molecule has 0 bridgehead atoms. The third-order valence-corrected chi connectivity index (χ3v) is 4.31. The van der Waals surface area contributed by atoms with Gasteiger partial charge in [0.15, 0.2) is 0 Å². The van der Waals surface area contributed by atoms with Crippen LogP contribution in [0.2, 0.25) is 0 Å². The normalized spacial score (nSPS) is 18.9. The summed E-state index contributed by atoms with van der Waals surface area (Å²) in [6.07, 6.45) is 2.45. The molecule has 1 aliphatic rings. The molecule has 1 saturated heterocycles. The minimum Gasteiger partial charge on any atom is -0.421 e. The molecule has 1 fully saturated rings. The van der Waals surface area contributed by atoms with Crippen LogP contribution in [0.1, 0.15) is 37.0 Å². The second-order valence-corrected chi connectivity index (χ2v) is 5.67. The van der Waals surface area contributed by atoms with Crippen LogP contribution in [0.15, 0.2) is 30.8 Å². The maximum atomic E-state index is 5.56. The van der Waals surface area contributed by atoms with E-state index in [0.29, 0.717) is 6.10 Å². The molecule has 1 aromatic rings. The van der Waals surface area contributed by atoms with Crippen molar-refractivity contribution in [2.45, 2.75) is 32.0 Å². The Morgan fingerprint density at radius 2 is 2.25 bits per heavy atom. The summed E-state index contributed by atoms with van der Waals surface area (Å²) in [5.74, 6) is 0. The Labute approximate surface area is 124 Å². The molecule has 1 aromatic carbocycles. The second kappa shape index (κ2) is 7.74. The van der Waals surface area contributed by atoms with Gasteiger partial charge in [-0.3, -0.25) is 0 Å². The van der Waals surface area contributed by atoms with E-state index in [1.165, 1.54) is 11.1 Å². The average Bonchev–Trinajstić information content (AvgIpc) is 3.30. The van der Waals surface area contributed by atoms with Gasteiger partial charge in [-0.15, -0.1) is 0 Å². The summed E-state index contributed by atoms with van der Waals surface area (Å²) >= 11 is 0. The van der Waals surface area contributed by atoms with Crippen LogP contribution in [0.5, 0.6) is 0 Å². The first kappa shape index (κ1) is 15.4. The molecule has 2 rings (SSSR count). The van der Waals surface area contributed by atoms with Gasteiger partial charge in [0.1, 0.15) is 16.6 Å². The standard InChI is InChI=1S/C16H24O3Si/c1-12(6-5-9-17-10-14-11-18-14)15-7-3-4-8-16(15)13(2)19-20/h3-4,7-8,13-14H,1,5-6,9-11H2,2,20H3. The van der Waals surface area contributed by atoms with Crippen molar-refractivity contribution < 1.29 is 13.9 Å². The minimum atomic E-state index is 0.151. The lowest BCUT2D eigenvalue weighted by molar-refractivity contribution is 0.115. The van der Waals surface area contributed by atoms with Gasteiger partial charge in [-0.25, -0.2) is 0 Å². The topological polar surface area (TPSA) is 31.0 Å². The first-order valence-electron chi connectivity index (χ1n) is 7.21. The van der Waals surface area contributed by atoms with E-state index in [4.69, 9.17) is 13.9 Å². The van der Waals surface area contributed by atoms with Crippen LogP contribution in [0.4, 0.5) is 0 Å². The summed E-state index contributed by atoms with van der Waals surface area (Å²) in [6.45, 7) is 8.68. The Kier molecular flexibility index (Phi) is 5.98. The van der Waals surface area contributed by atoms with Crippen LogP contribution in [-0.4, -0.2) is 36.4 Å². The van der Waals surface area contributed by atoms with E-state index >= 15 is 0 Å². The van der Waals surface area contributed by atoms with Crippen molar-refractivity contribution in [3.63, 3.8) is 0 Å². The zero-order valence-electron chi connectivity index (χ0n) is 12.4. The summed E-state index contributed by atoms with van der Waals surface area (Å²) in [5.41, 5.74) is 3.62. The fourth-order valence-corrected chi connectivity index (χ4v) is 2.46. The summed E-state index contributed by atoms with van der Waals surface area (Å²) < 4.78 is 16.2. The van der Waals surface area contributed by atoms with Gasteiger partial charge < -0.3 is 13.9 Å². The Bertz CT molecular complexity index is 443. The number of epoxide rings is 1. The smallest absolute Gasteiger partial charge is 0.146 e. The van der Waals surface area contributed by atoms with Crippen molar-refractivity contribution >= 4 is 16.1 Å². The molecule has 1 heterocycles. The van der Waals surface area contributed by atoms with E-state index in [9.17, 15) is 0 Å². The van der Waals surface area contributed by atoms with Gasteiger partial charge in [0, 0.05) is 6.61 Å². The van der Waals surface area contributed by atoms with E-state index in [-0.39, 0.29) is 6.10 Å². The second-order valence-electron chi connectivity index (χ2n) is 5.20. The third kappa shape index (κ3) is 4.56. The Hall–Kier alpha value is -0.943. The van der Waals surface area contributed by atoms with Crippen molar-refractivity contribution in [1.29, 1.82) is 0 Å². The van der Waals surface area contributed by atoms with Crippen LogP contribution in [0.3, 0.4) is 0 Å². The van der Waals surface area contributed by atoms with Gasteiger partial charge in [-0.2, -0.15) is 0 Å². The van der Waals surface area contributed by atoms with E-state index < -0.39 is 0 Å². The molecule has 0 N–H and O–H groups in total. The van der Waals surface area contributed by atoms with E-state index in [1.807, 2.05) is 0 Å². The summed E-state index contributed by atoms with van der Waals surface area (Å²) in [4.78, 5) is 0. The lowest BCUT2D eigenvalue weighted by Crippen LogP contribution is -2.04. The van der Waals surface area contributed by atoms with Crippen molar-refractivity contribution in [2.75, 3.05) is 19.8 Å². The van der Waals surface area contributed by atoms with Crippen LogP contribution in [-0.2, 0) is 13.9 Å². The Morgan fingerprint density at radius 3 is 2.95 bits per heavy atom. The van der Waals surface area contributed by atoms with Crippen LogP contribution < -0.4 is 0 Å². The van der Waals surface area contributed by atoms with Gasteiger partial charge in [0.05, 0.1) is 19.3 Å². The van der Waals surface area contributed by atoms with Crippen LogP contribution in [0, 0.1) is 0 Å². The maximum Gasteiger partial charge on any atom is 0.146 e. The molecule has 0 saturated carbocycles. The number of ether oxygens (including phenoxy) is 2. The molecule has 0 spiro atoms. The lowest BCUT2D eigenvalue weighted by atomic mass is 9.95. The van der Waals surface area contributed by atoms with Crippen LogP contribution >= 0.6 is 0 Å². The number of hydrogen-bond acceptors (Lipinski definition) is 3. The zero-order valence-corrected chi connectivity index (χ0v) is 14.4. The summed E-state index contributed by atoms with van der Waals surface area (Å²) in [6, 6.07) is 8.38. The predicted octanol–water partition coefficient (Wildman–Crippen LogP) is 2.25. The van der Waals surface area contributed by atoms with Crippen molar-refractivity contribution in [3.05, 3.63) is 42.0 Å². The maximum absolute atomic E-state index is 5.56. The summed E-state index contributed by atoms with van der Waals surface area (Å²) in [5, 5.41) is 0. The summed E-state index contributed by atoms with van der Waals surface area (Å²) in [7, 11) is 0.748. The number of hydrogen-bond donors (Lipinski definition) is 0. The van der Waals surface area contributed by atoms with E-state index in [0.717, 1.165) is 48.7 Å². The third-order valence-electron chi connectivity index (χ3n) is 3.61. The molecule has 4 heteroatoms. The van der Waals surface area contributed by atoms with Gasteiger partial charge >= 0.3 is 0 Å². The van der Waals surface area contributed by atoms with Crippen LogP contribution in [0.25, 0.3) is 5.57 Å². The first-order chi connectivity index (χ1) is 9.72. The lowest BCUT2D eigenvalue weighted by Gasteiger charge is -2.17. The SMILES string of the molecule is C=C(CCCOCC1CO1)c1ccccc1C(C)O[SiH3]. The molecule has 1 aliphatic heterocycles. The quantitative estimate of drug-likeness (QED) is 0.397. The highest BCUT2D eigenvalue weighted by atomic mass is 28.2. The fraction of sp³-hybridized carbons (Fsp3) is 0.500. The van der Waals surface area contributed by atoms with Gasteiger partial charge in [-0.1, -0.05) is 30.8 Å². The Morgan fingerprint density at radius 1 is 1.50 bits per heavy atom. The largest absolute Gasteiger partial charge is 0.421 e. The molecule has 0 radical (unpaired) electrons. The van der Waals surface area contributed by atoms with Gasteiger partial charge in [0.25, 0.3) is 0 Å². The number of allylic oxidation sites excluding steroid dienone is 1. The highest BCUT2D eigenvalue weighted by Crippen LogP contribution is 2.27. The highest BCUT2D eigenvalue weighted by Gasteiger charge is 2.22. The molecule has 2 atom stereocenters. The molecule has 2 unspecified atom stereocenters. The molecule has 110 valence electrons. The number of rotatable bonds is 9. The van der Waals surface area contributed by atoms with Gasteiger partial charge in [0.2, 0.25) is 0 Å². The van der Waals surface area contributed by atoms with Gasteiger partial charge in [-0.05, 0) is 36.5 Å². The van der Waals surface area contributed by atoms with Crippen molar-refractivity contribution in [1.82, 2.24) is 0 Å². The molecule has 3 nitrogen and oxygen atoms in total. The predicted molar refractivity (Wildman–Crippen MR) is 84.7 cm³/mol. The molecule has 0 aliphatic carbocycles. The number of benzene rings is 1. The van der Waals surface area contributed by atoms with E-state index in [1.54, 1.807) is 0 Å². The molecular formula is C16H24O3Si. The minimum absolute atomic E-state index is 0.151. The highest BCUT2D eigenvalue weighted by molar-refractivity contribution is 5.98. The zero-order chi connectivity index (χ0) is 14.4. The van der Waals surface area contributed by atoms with E-state index in [2.05, 4.69) is 37.8 Å².